The quantitative estimate of drug-likeness (QED) is 0.560. The van der Waals surface area contributed by atoms with Gasteiger partial charge in [-0.25, -0.2) is 9.78 Å². The van der Waals surface area contributed by atoms with E-state index in [0.717, 1.165) is 12.1 Å². The van der Waals surface area contributed by atoms with Gasteiger partial charge in [0.05, 0.1) is 17.9 Å². The first-order chi connectivity index (χ1) is 11.7. The zero-order chi connectivity index (χ0) is 18.6. The smallest absolute Gasteiger partial charge is 0.416 e. The Bertz CT molecular complexity index is 748. The summed E-state index contributed by atoms with van der Waals surface area (Å²) >= 11 is 5.68. The molecule has 134 valence electrons. The molecule has 0 saturated carbocycles. The summed E-state index contributed by atoms with van der Waals surface area (Å²) in [6, 6.07) is 7.81. The molecule has 0 unspecified atom stereocenters. The summed E-state index contributed by atoms with van der Waals surface area (Å²) in [5.74, 6) is -0.125. The van der Waals surface area contributed by atoms with E-state index in [2.05, 4.69) is 4.98 Å². The standard InChI is InChI=1S/C17H15ClF3NO3/c1-3-24-16(23)10(2)25-13-6-4-11(5-7-13)14-8-12(17(19,20)21)9-15(18)22-14/h4-10H,3H2,1-2H3/t10-/m0/s1. The minimum atomic E-state index is -4.51. The van der Waals surface area contributed by atoms with E-state index in [1.807, 2.05) is 0 Å². The van der Waals surface area contributed by atoms with Gasteiger partial charge in [0.1, 0.15) is 10.9 Å². The summed E-state index contributed by atoms with van der Waals surface area (Å²) in [5.41, 5.74) is -0.354. The van der Waals surface area contributed by atoms with Gasteiger partial charge in [-0.1, -0.05) is 11.6 Å². The molecular formula is C17H15ClF3NO3. The van der Waals surface area contributed by atoms with Crippen LogP contribution in [-0.2, 0) is 15.7 Å². The van der Waals surface area contributed by atoms with Crippen LogP contribution in [-0.4, -0.2) is 23.7 Å². The predicted molar refractivity (Wildman–Crippen MR) is 86.4 cm³/mol. The number of ether oxygens (including phenoxy) is 2. The Morgan fingerprint density at radius 3 is 2.44 bits per heavy atom. The second kappa shape index (κ2) is 7.74. The summed E-state index contributed by atoms with van der Waals surface area (Å²) in [7, 11) is 0. The second-order valence-electron chi connectivity index (χ2n) is 5.10. The third kappa shape index (κ3) is 5.09. The summed E-state index contributed by atoms with van der Waals surface area (Å²) in [6.07, 6.45) is -5.31. The molecule has 0 spiro atoms. The maximum Gasteiger partial charge on any atom is 0.416 e. The Morgan fingerprint density at radius 2 is 1.88 bits per heavy atom. The lowest BCUT2D eigenvalue weighted by molar-refractivity contribution is -0.150. The fraction of sp³-hybridized carbons (Fsp3) is 0.294. The molecule has 0 bridgehead atoms. The highest BCUT2D eigenvalue weighted by atomic mass is 35.5. The third-order valence-corrected chi connectivity index (χ3v) is 3.40. The number of hydrogen-bond donors (Lipinski definition) is 0. The maximum absolute atomic E-state index is 12.9. The molecule has 0 amide bonds. The largest absolute Gasteiger partial charge is 0.479 e. The molecule has 0 fully saturated rings. The molecule has 2 rings (SSSR count). The van der Waals surface area contributed by atoms with Crippen LogP contribution in [0.15, 0.2) is 36.4 Å². The lowest BCUT2D eigenvalue weighted by atomic mass is 10.1. The first-order valence-electron chi connectivity index (χ1n) is 7.39. The molecule has 25 heavy (non-hydrogen) atoms. The molecule has 0 aliphatic heterocycles. The molecule has 1 aromatic heterocycles. The van der Waals surface area contributed by atoms with Crippen molar-refractivity contribution in [3.63, 3.8) is 0 Å². The van der Waals surface area contributed by atoms with Crippen LogP contribution in [0.5, 0.6) is 5.75 Å². The van der Waals surface area contributed by atoms with Crippen molar-refractivity contribution in [1.29, 1.82) is 0 Å². The highest BCUT2D eigenvalue weighted by Gasteiger charge is 2.31. The number of rotatable bonds is 5. The van der Waals surface area contributed by atoms with Crippen LogP contribution in [0.3, 0.4) is 0 Å². The van der Waals surface area contributed by atoms with Gasteiger partial charge < -0.3 is 9.47 Å². The second-order valence-corrected chi connectivity index (χ2v) is 5.49. The van der Waals surface area contributed by atoms with Gasteiger partial charge in [-0.2, -0.15) is 13.2 Å². The molecule has 0 radical (unpaired) electrons. The van der Waals surface area contributed by atoms with Gasteiger partial charge in [-0.3, -0.25) is 0 Å². The zero-order valence-electron chi connectivity index (χ0n) is 13.4. The number of halogens is 4. The summed E-state index contributed by atoms with van der Waals surface area (Å²) < 4.78 is 48.8. The van der Waals surface area contributed by atoms with Gasteiger partial charge in [0.25, 0.3) is 0 Å². The molecule has 2 aromatic rings. The van der Waals surface area contributed by atoms with Crippen LogP contribution < -0.4 is 4.74 Å². The summed E-state index contributed by atoms with van der Waals surface area (Å²) in [6.45, 7) is 3.47. The van der Waals surface area contributed by atoms with Crippen molar-refractivity contribution in [2.75, 3.05) is 6.61 Å². The van der Waals surface area contributed by atoms with Crippen LogP contribution >= 0.6 is 11.6 Å². The van der Waals surface area contributed by atoms with Crippen molar-refractivity contribution in [2.45, 2.75) is 26.1 Å². The number of aromatic nitrogens is 1. The van der Waals surface area contributed by atoms with E-state index in [1.54, 1.807) is 13.8 Å². The average Bonchev–Trinajstić information content (AvgIpc) is 2.54. The molecule has 1 atom stereocenters. The number of alkyl halides is 3. The number of esters is 1. The Morgan fingerprint density at radius 1 is 1.24 bits per heavy atom. The van der Waals surface area contributed by atoms with E-state index in [0.29, 0.717) is 11.3 Å². The molecule has 1 aromatic carbocycles. The van der Waals surface area contributed by atoms with Crippen LogP contribution in [0.25, 0.3) is 11.3 Å². The van der Waals surface area contributed by atoms with Gasteiger partial charge in [0.2, 0.25) is 0 Å². The Kier molecular flexibility index (Phi) is 5.89. The minimum absolute atomic E-state index is 0.0878. The predicted octanol–water partition coefficient (Wildman–Crippen LogP) is 4.75. The SMILES string of the molecule is CCOC(=O)[C@H](C)Oc1ccc(-c2cc(C(F)(F)F)cc(Cl)n2)cc1. The fourth-order valence-corrected chi connectivity index (χ4v) is 2.23. The number of nitrogens with zero attached hydrogens (tertiary/aromatic N) is 1. The number of pyridine rings is 1. The van der Waals surface area contributed by atoms with E-state index in [4.69, 9.17) is 21.1 Å². The molecule has 0 N–H and O–H groups in total. The van der Waals surface area contributed by atoms with Crippen molar-refractivity contribution in [3.05, 3.63) is 47.1 Å². The normalized spacial score (nSPS) is 12.6. The van der Waals surface area contributed by atoms with Crippen molar-refractivity contribution >= 4 is 17.6 Å². The van der Waals surface area contributed by atoms with Gasteiger partial charge >= 0.3 is 12.1 Å². The number of hydrogen-bond acceptors (Lipinski definition) is 4. The fourth-order valence-electron chi connectivity index (χ4n) is 2.02. The highest BCUT2D eigenvalue weighted by Crippen LogP contribution is 2.33. The molecule has 4 nitrogen and oxygen atoms in total. The zero-order valence-corrected chi connectivity index (χ0v) is 14.2. The van der Waals surface area contributed by atoms with Crippen LogP contribution in [0.4, 0.5) is 13.2 Å². The number of benzene rings is 1. The molecule has 8 heteroatoms. The summed E-state index contributed by atoms with van der Waals surface area (Å²) in [5, 5.41) is -0.249. The lowest BCUT2D eigenvalue weighted by Crippen LogP contribution is -2.25. The van der Waals surface area contributed by atoms with Crippen molar-refractivity contribution in [2.24, 2.45) is 0 Å². The molecule has 0 saturated heterocycles. The van der Waals surface area contributed by atoms with E-state index < -0.39 is 23.8 Å². The third-order valence-electron chi connectivity index (χ3n) is 3.20. The van der Waals surface area contributed by atoms with Gasteiger partial charge in [0, 0.05) is 5.56 Å². The number of carbonyl (C=O) groups is 1. The van der Waals surface area contributed by atoms with E-state index in [-0.39, 0.29) is 17.5 Å². The molecular weight excluding hydrogens is 359 g/mol. The monoisotopic (exact) mass is 373 g/mol. The maximum atomic E-state index is 12.9. The molecule has 1 heterocycles. The number of carbonyl (C=O) groups excluding carboxylic acids is 1. The molecule has 0 aliphatic rings. The lowest BCUT2D eigenvalue weighted by Gasteiger charge is -2.14. The Labute approximate surface area is 147 Å². The van der Waals surface area contributed by atoms with Crippen LogP contribution in [0.2, 0.25) is 5.15 Å². The minimum Gasteiger partial charge on any atom is -0.479 e. The van der Waals surface area contributed by atoms with E-state index >= 15 is 0 Å². The summed E-state index contributed by atoms with van der Waals surface area (Å²) in [4.78, 5) is 15.4. The Balaban J connectivity index is 2.20. The first-order valence-corrected chi connectivity index (χ1v) is 7.77. The van der Waals surface area contributed by atoms with E-state index in [9.17, 15) is 18.0 Å². The first kappa shape index (κ1) is 19.1. The average molecular weight is 374 g/mol. The van der Waals surface area contributed by atoms with Crippen LogP contribution in [0, 0.1) is 0 Å². The van der Waals surface area contributed by atoms with E-state index in [1.165, 1.54) is 24.3 Å². The van der Waals surface area contributed by atoms with Gasteiger partial charge in [-0.15, -0.1) is 0 Å². The van der Waals surface area contributed by atoms with Gasteiger partial charge in [0.15, 0.2) is 6.10 Å². The topological polar surface area (TPSA) is 48.4 Å². The van der Waals surface area contributed by atoms with Crippen molar-refractivity contribution < 1.29 is 27.4 Å². The van der Waals surface area contributed by atoms with Crippen molar-refractivity contribution in [3.8, 4) is 17.0 Å². The van der Waals surface area contributed by atoms with Crippen LogP contribution in [0.1, 0.15) is 19.4 Å². The Hall–Kier alpha value is -2.28. The van der Waals surface area contributed by atoms with Gasteiger partial charge in [-0.05, 0) is 50.2 Å². The highest BCUT2D eigenvalue weighted by molar-refractivity contribution is 6.29. The molecule has 0 aliphatic carbocycles. The van der Waals surface area contributed by atoms with Crippen molar-refractivity contribution in [1.82, 2.24) is 4.98 Å².